The molecule has 9 heteroatoms. The van der Waals surface area contributed by atoms with Crippen LogP contribution in [0.25, 0.3) is 0 Å². The molecule has 0 unspecified atom stereocenters. The van der Waals surface area contributed by atoms with Crippen LogP contribution in [0.15, 0.2) is 96.4 Å². The van der Waals surface area contributed by atoms with E-state index in [1.807, 2.05) is 0 Å². The normalized spacial score (nSPS) is 10.8. The number of carbonyl (C=O) groups excluding carboxylic acids is 1. The molecule has 8 nitrogen and oxygen atoms in total. The topological polar surface area (TPSA) is 107 Å². The maximum absolute atomic E-state index is 13.2. The Labute approximate surface area is 179 Å². The molecule has 0 aliphatic heterocycles. The molecule has 0 heterocycles. The monoisotopic (exact) mass is 438 g/mol. The van der Waals surface area contributed by atoms with Crippen LogP contribution in [0.3, 0.4) is 0 Å². The van der Waals surface area contributed by atoms with E-state index in [1.54, 1.807) is 30.3 Å². The predicted octanol–water partition coefficient (Wildman–Crippen LogP) is 4.20. The number of hydrogen-bond donors (Lipinski definition) is 0. The van der Waals surface area contributed by atoms with Crippen LogP contribution in [0.1, 0.15) is 10.4 Å². The number of carbonyl (C=O) groups is 1. The standard InChI is InChI=1S/C22H18N2O6S/c1-2-14-23(18-9-4-3-5-10-18)31(28,29)21-13-6-8-17(15-21)22(25)30-20-12-7-11-19(16-20)24(26)27/h2-13,15-16H,1,14H2. The lowest BCUT2D eigenvalue weighted by Crippen LogP contribution is -2.31. The number of rotatable bonds is 8. The summed E-state index contributed by atoms with van der Waals surface area (Å²) in [6.45, 7) is 3.65. The molecule has 0 saturated carbocycles. The molecule has 0 N–H and O–H groups in total. The van der Waals surface area contributed by atoms with Crippen LogP contribution in [0.4, 0.5) is 11.4 Å². The number of esters is 1. The Morgan fingerprint density at radius 2 is 1.74 bits per heavy atom. The van der Waals surface area contributed by atoms with Crippen molar-refractivity contribution in [3.8, 4) is 5.75 Å². The Kier molecular flexibility index (Phi) is 6.46. The van der Waals surface area contributed by atoms with E-state index in [0.29, 0.717) is 5.69 Å². The van der Waals surface area contributed by atoms with Crippen LogP contribution in [0.2, 0.25) is 0 Å². The summed E-state index contributed by atoms with van der Waals surface area (Å²) < 4.78 is 32.8. The summed E-state index contributed by atoms with van der Waals surface area (Å²) in [7, 11) is -4.00. The molecule has 0 aromatic heterocycles. The van der Waals surface area contributed by atoms with Crippen LogP contribution < -0.4 is 9.04 Å². The van der Waals surface area contributed by atoms with E-state index in [-0.39, 0.29) is 28.4 Å². The van der Waals surface area contributed by atoms with E-state index >= 15 is 0 Å². The first-order chi connectivity index (χ1) is 14.8. The fraction of sp³-hybridized carbons (Fsp3) is 0.0455. The zero-order chi connectivity index (χ0) is 22.4. The molecule has 0 radical (unpaired) electrons. The zero-order valence-corrected chi connectivity index (χ0v) is 17.1. The van der Waals surface area contributed by atoms with Gasteiger partial charge < -0.3 is 4.74 Å². The van der Waals surface area contributed by atoms with Crippen LogP contribution in [-0.4, -0.2) is 25.9 Å². The van der Waals surface area contributed by atoms with Crippen molar-refractivity contribution in [2.45, 2.75) is 4.90 Å². The lowest BCUT2D eigenvalue weighted by molar-refractivity contribution is -0.384. The Balaban J connectivity index is 1.91. The van der Waals surface area contributed by atoms with Gasteiger partial charge in [0, 0.05) is 6.07 Å². The molecule has 31 heavy (non-hydrogen) atoms. The smallest absolute Gasteiger partial charge is 0.343 e. The molecule has 0 saturated heterocycles. The van der Waals surface area contributed by atoms with Crippen LogP contribution in [-0.2, 0) is 10.0 Å². The van der Waals surface area contributed by atoms with Gasteiger partial charge in [-0.05, 0) is 36.4 Å². The van der Waals surface area contributed by atoms with Gasteiger partial charge in [-0.25, -0.2) is 13.2 Å². The van der Waals surface area contributed by atoms with Crippen LogP contribution in [0.5, 0.6) is 5.75 Å². The van der Waals surface area contributed by atoms with Gasteiger partial charge in [0.1, 0.15) is 5.75 Å². The number of nitro benzene ring substituents is 1. The number of benzene rings is 3. The predicted molar refractivity (Wildman–Crippen MR) is 116 cm³/mol. The second-order valence-electron chi connectivity index (χ2n) is 6.33. The second kappa shape index (κ2) is 9.23. The highest BCUT2D eigenvalue weighted by Gasteiger charge is 2.25. The van der Waals surface area contributed by atoms with Crippen molar-refractivity contribution < 1.29 is 22.9 Å². The highest BCUT2D eigenvalue weighted by Crippen LogP contribution is 2.25. The summed E-state index contributed by atoms with van der Waals surface area (Å²) >= 11 is 0. The van der Waals surface area contributed by atoms with Gasteiger partial charge >= 0.3 is 5.97 Å². The molecule has 3 rings (SSSR count). The first kappa shape index (κ1) is 21.7. The lowest BCUT2D eigenvalue weighted by Gasteiger charge is -2.23. The van der Waals surface area contributed by atoms with Crippen molar-refractivity contribution in [3.63, 3.8) is 0 Å². The van der Waals surface area contributed by atoms with Gasteiger partial charge in [-0.1, -0.05) is 36.4 Å². The second-order valence-corrected chi connectivity index (χ2v) is 8.19. The molecule has 0 atom stereocenters. The highest BCUT2D eigenvalue weighted by molar-refractivity contribution is 7.92. The van der Waals surface area contributed by atoms with Crippen molar-refractivity contribution in [2.75, 3.05) is 10.8 Å². The van der Waals surface area contributed by atoms with Gasteiger partial charge in [0.25, 0.3) is 15.7 Å². The quantitative estimate of drug-likeness (QED) is 0.172. The van der Waals surface area contributed by atoms with Gasteiger partial charge in [-0.2, -0.15) is 0 Å². The summed E-state index contributed by atoms with van der Waals surface area (Å²) in [4.78, 5) is 22.7. The van der Waals surface area contributed by atoms with Crippen molar-refractivity contribution in [1.29, 1.82) is 0 Å². The van der Waals surface area contributed by atoms with Crippen molar-refractivity contribution in [2.24, 2.45) is 0 Å². The molecular weight excluding hydrogens is 420 g/mol. The highest BCUT2D eigenvalue weighted by atomic mass is 32.2. The van der Waals surface area contributed by atoms with Gasteiger partial charge in [-0.15, -0.1) is 6.58 Å². The maximum Gasteiger partial charge on any atom is 0.343 e. The minimum atomic E-state index is -4.00. The molecule has 3 aromatic carbocycles. The first-order valence-corrected chi connectivity index (χ1v) is 10.5. The summed E-state index contributed by atoms with van der Waals surface area (Å²) in [5.74, 6) is -0.863. The zero-order valence-electron chi connectivity index (χ0n) is 16.2. The van der Waals surface area contributed by atoms with Crippen LogP contribution in [0, 0.1) is 10.1 Å². The number of nitrogens with zero attached hydrogens (tertiary/aromatic N) is 2. The molecule has 0 fully saturated rings. The molecule has 0 spiro atoms. The van der Waals surface area contributed by atoms with E-state index in [1.165, 1.54) is 52.8 Å². The SMILES string of the molecule is C=CCN(c1ccccc1)S(=O)(=O)c1cccc(C(=O)Oc2cccc([N+](=O)[O-])c2)c1. The number of para-hydroxylation sites is 1. The van der Waals surface area contributed by atoms with Gasteiger partial charge in [-0.3, -0.25) is 14.4 Å². The lowest BCUT2D eigenvalue weighted by atomic mass is 10.2. The first-order valence-electron chi connectivity index (χ1n) is 9.08. The number of hydrogen-bond acceptors (Lipinski definition) is 6. The van der Waals surface area contributed by atoms with Crippen molar-refractivity contribution >= 4 is 27.4 Å². The van der Waals surface area contributed by atoms with Gasteiger partial charge in [0.15, 0.2) is 0 Å². The van der Waals surface area contributed by atoms with Crippen molar-refractivity contribution in [3.05, 3.63) is 107 Å². The molecule has 0 aliphatic rings. The molecular formula is C22H18N2O6S. The average molecular weight is 438 g/mol. The number of sulfonamides is 1. The number of ether oxygens (including phenoxy) is 1. The van der Waals surface area contributed by atoms with E-state index in [4.69, 9.17) is 4.74 Å². The fourth-order valence-corrected chi connectivity index (χ4v) is 4.27. The fourth-order valence-electron chi connectivity index (χ4n) is 2.79. The largest absolute Gasteiger partial charge is 0.423 e. The number of non-ortho nitro benzene ring substituents is 1. The molecule has 0 aliphatic carbocycles. The Morgan fingerprint density at radius 1 is 1.03 bits per heavy atom. The van der Waals surface area contributed by atoms with E-state index < -0.39 is 20.9 Å². The Hall–Kier alpha value is -3.98. The third-order valence-electron chi connectivity index (χ3n) is 4.24. The summed E-state index contributed by atoms with van der Waals surface area (Å²) in [5, 5.41) is 10.9. The average Bonchev–Trinajstić information content (AvgIpc) is 2.78. The van der Waals surface area contributed by atoms with E-state index in [9.17, 15) is 23.3 Å². The van der Waals surface area contributed by atoms with Crippen molar-refractivity contribution in [1.82, 2.24) is 0 Å². The molecule has 0 bridgehead atoms. The summed E-state index contributed by atoms with van der Waals surface area (Å²) in [6.07, 6.45) is 1.46. The Bertz CT molecular complexity index is 1230. The number of nitro groups is 1. The van der Waals surface area contributed by atoms with E-state index in [0.717, 1.165) is 6.07 Å². The molecule has 0 amide bonds. The number of anilines is 1. The third kappa shape index (κ3) is 4.96. The maximum atomic E-state index is 13.2. The van der Waals surface area contributed by atoms with Gasteiger partial charge in [0.2, 0.25) is 0 Å². The Morgan fingerprint density at radius 3 is 2.42 bits per heavy atom. The third-order valence-corrected chi connectivity index (χ3v) is 6.03. The summed E-state index contributed by atoms with van der Waals surface area (Å²) in [6, 6.07) is 19.1. The van der Waals surface area contributed by atoms with Gasteiger partial charge in [0.05, 0.1) is 33.7 Å². The molecule has 3 aromatic rings. The molecule has 158 valence electrons. The summed E-state index contributed by atoms with van der Waals surface area (Å²) in [5.41, 5.74) is 0.204. The van der Waals surface area contributed by atoms with E-state index in [2.05, 4.69) is 6.58 Å². The minimum absolute atomic E-state index is 0.0146. The van der Waals surface area contributed by atoms with Crippen LogP contribution >= 0.6 is 0 Å². The minimum Gasteiger partial charge on any atom is -0.423 e.